The van der Waals surface area contributed by atoms with E-state index in [9.17, 15) is 4.79 Å². The molecule has 0 aromatic heterocycles. The van der Waals surface area contributed by atoms with Crippen LogP contribution in [0.1, 0.15) is 47.0 Å². The third-order valence-corrected chi connectivity index (χ3v) is 2.93. The Morgan fingerprint density at radius 2 is 1.87 bits per heavy atom. The molecule has 0 bridgehead atoms. The summed E-state index contributed by atoms with van der Waals surface area (Å²) in [7, 11) is 0. The Labute approximate surface area is 94.0 Å². The quantitative estimate of drug-likeness (QED) is 0.704. The molecule has 1 amide bonds. The number of hydrogen-bond donors (Lipinski definition) is 1. The Morgan fingerprint density at radius 3 is 2.27 bits per heavy atom. The lowest BCUT2D eigenvalue weighted by Gasteiger charge is -2.31. The second-order valence-electron chi connectivity index (χ2n) is 4.67. The van der Waals surface area contributed by atoms with E-state index in [4.69, 9.17) is 5.73 Å². The Hall–Kier alpha value is -0.570. The minimum atomic E-state index is -0.247. The molecule has 0 aliphatic carbocycles. The number of rotatable bonds is 7. The number of nitrogens with two attached hydrogens (primary N) is 1. The lowest BCUT2D eigenvalue weighted by atomic mass is 9.88. The maximum Gasteiger partial charge on any atom is 0.228 e. The summed E-state index contributed by atoms with van der Waals surface area (Å²) >= 11 is 0. The van der Waals surface area contributed by atoms with Gasteiger partial charge in [-0.25, -0.2) is 0 Å². The van der Waals surface area contributed by atoms with Gasteiger partial charge in [-0.05, 0) is 12.8 Å². The summed E-state index contributed by atoms with van der Waals surface area (Å²) in [6.07, 6.45) is 3.05. The van der Waals surface area contributed by atoms with Crippen LogP contribution >= 0.6 is 0 Å². The first-order valence-corrected chi connectivity index (χ1v) is 5.99. The second-order valence-corrected chi connectivity index (χ2v) is 4.67. The maximum absolute atomic E-state index is 12.2. The summed E-state index contributed by atoms with van der Waals surface area (Å²) in [6.45, 7) is 10.3. The normalized spacial score (nSPS) is 11.5. The van der Waals surface area contributed by atoms with Crippen LogP contribution in [0.15, 0.2) is 0 Å². The highest BCUT2D eigenvalue weighted by atomic mass is 16.2. The average molecular weight is 214 g/mol. The summed E-state index contributed by atoms with van der Waals surface area (Å²) in [4.78, 5) is 14.1. The standard InChI is InChI=1S/C12H26N2O/c1-5-7-9-14(10-8-13)11(15)12(3,4)6-2/h5-10,13H2,1-4H3. The van der Waals surface area contributed by atoms with Crippen LogP contribution in [0.25, 0.3) is 0 Å². The van der Waals surface area contributed by atoms with Gasteiger partial charge in [-0.1, -0.05) is 34.1 Å². The van der Waals surface area contributed by atoms with Crippen LogP contribution in [-0.2, 0) is 4.79 Å². The lowest BCUT2D eigenvalue weighted by molar-refractivity contribution is -0.140. The second kappa shape index (κ2) is 6.83. The zero-order valence-corrected chi connectivity index (χ0v) is 10.7. The van der Waals surface area contributed by atoms with Crippen molar-refractivity contribution in [2.24, 2.45) is 11.1 Å². The number of carbonyl (C=O) groups excluding carboxylic acids is 1. The zero-order chi connectivity index (χ0) is 11.9. The van der Waals surface area contributed by atoms with Gasteiger partial charge in [-0.15, -0.1) is 0 Å². The van der Waals surface area contributed by atoms with Crippen molar-refractivity contribution in [3.63, 3.8) is 0 Å². The Balaban J connectivity index is 4.40. The first-order chi connectivity index (χ1) is 6.99. The molecule has 0 saturated heterocycles. The van der Waals surface area contributed by atoms with Crippen LogP contribution in [0.3, 0.4) is 0 Å². The summed E-state index contributed by atoms with van der Waals surface area (Å²) in [5, 5.41) is 0. The number of nitrogens with zero attached hydrogens (tertiary/aromatic N) is 1. The van der Waals surface area contributed by atoms with E-state index < -0.39 is 0 Å². The molecule has 0 aliphatic heterocycles. The van der Waals surface area contributed by atoms with Gasteiger partial charge in [0.15, 0.2) is 0 Å². The van der Waals surface area contributed by atoms with Crippen LogP contribution in [-0.4, -0.2) is 30.4 Å². The Morgan fingerprint density at radius 1 is 1.27 bits per heavy atom. The fraction of sp³-hybridized carbons (Fsp3) is 0.917. The van der Waals surface area contributed by atoms with E-state index in [-0.39, 0.29) is 11.3 Å². The van der Waals surface area contributed by atoms with Crippen LogP contribution in [0.4, 0.5) is 0 Å². The first kappa shape index (κ1) is 14.4. The molecule has 15 heavy (non-hydrogen) atoms. The lowest BCUT2D eigenvalue weighted by Crippen LogP contribution is -2.43. The van der Waals surface area contributed by atoms with Crippen molar-refractivity contribution < 1.29 is 4.79 Å². The predicted molar refractivity (Wildman–Crippen MR) is 64.6 cm³/mol. The van der Waals surface area contributed by atoms with E-state index in [2.05, 4.69) is 13.8 Å². The van der Waals surface area contributed by atoms with E-state index in [0.717, 1.165) is 25.8 Å². The van der Waals surface area contributed by atoms with Gasteiger partial charge in [0.2, 0.25) is 5.91 Å². The van der Waals surface area contributed by atoms with E-state index >= 15 is 0 Å². The molecule has 0 radical (unpaired) electrons. The fourth-order valence-electron chi connectivity index (χ4n) is 1.40. The van der Waals surface area contributed by atoms with Crippen molar-refractivity contribution in [3.05, 3.63) is 0 Å². The highest BCUT2D eigenvalue weighted by Crippen LogP contribution is 2.23. The van der Waals surface area contributed by atoms with Gasteiger partial charge in [0.05, 0.1) is 0 Å². The van der Waals surface area contributed by atoms with Crippen LogP contribution in [0.5, 0.6) is 0 Å². The molecule has 3 nitrogen and oxygen atoms in total. The molecule has 0 spiro atoms. The smallest absolute Gasteiger partial charge is 0.228 e. The molecule has 2 N–H and O–H groups in total. The zero-order valence-electron chi connectivity index (χ0n) is 10.7. The molecular formula is C12H26N2O. The summed E-state index contributed by atoms with van der Waals surface area (Å²) in [5.74, 6) is 0.240. The summed E-state index contributed by atoms with van der Waals surface area (Å²) in [5.41, 5.74) is 5.28. The van der Waals surface area contributed by atoms with Crippen molar-refractivity contribution in [3.8, 4) is 0 Å². The highest BCUT2D eigenvalue weighted by Gasteiger charge is 2.29. The van der Waals surface area contributed by atoms with E-state index in [0.29, 0.717) is 13.1 Å². The maximum atomic E-state index is 12.2. The van der Waals surface area contributed by atoms with Crippen LogP contribution in [0, 0.1) is 5.41 Å². The van der Waals surface area contributed by atoms with Gasteiger partial charge in [-0.2, -0.15) is 0 Å². The third kappa shape index (κ3) is 4.65. The number of unbranched alkanes of at least 4 members (excludes halogenated alkanes) is 1. The van der Waals surface area contributed by atoms with Crippen molar-refractivity contribution in [2.75, 3.05) is 19.6 Å². The van der Waals surface area contributed by atoms with Gasteiger partial charge in [0.25, 0.3) is 0 Å². The van der Waals surface area contributed by atoms with E-state index in [1.165, 1.54) is 0 Å². The summed E-state index contributed by atoms with van der Waals surface area (Å²) < 4.78 is 0. The van der Waals surface area contributed by atoms with Crippen LogP contribution in [0.2, 0.25) is 0 Å². The van der Waals surface area contributed by atoms with Gasteiger partial charge < -0.3 is 10.6 Å². The molecule has 0 atom stereocenters. The van der Waals surface area contributed by atoms with Gasteiger partial charge in [-0.3, -0.25) is 4.79 Å². The number of carbonyl (C=O) groups is 1. The summed E-state index contributed by atoms with van der Waals surface area (Å²) in [6, 6.07) is 0. The minimum absolute atomic E-state index is 0.240. The molecule has 90 valence electrons. The Bertz CT molecular complexity index is 190. The third-order valence-electron chi connectivity index (χ3n) is 2.93. The van der Waals surface area contributed by atoms with Crippen molar-refractivity contribution in [1.29, 1.82) is 0 Å². The van der Waals surface area contributed by atoms with Crippen LogP contribution < -0.4 is 5.73 Å². The number of amides is 1. The van der Waals surface area contributed by atoms with Gasteiger partial charge in [0.1, 0.15) is 0 Å². The molecule has 0 heterocycles. The topological polar surface area (TPSA) is 46.3 Å². The molecule has 0 unspecified atom stereocenters. The van der Waals surface area contributed by atoms with Gasteiger partial charge >= 0.3 is 0 Å². The van der Waals surface area contributed by atoms with Gasteiger partial charge in [0, 0.05) is 25.0 Å². The fourth-order valence-corrected chi connectivity index (χ4v) is 1.40. The number of hydrogen-bond acceptors (Lipinski definition) is 2. The van der Waals surface area contributed by atoms with Crippen molar-refractivity contribution in [1.82, 2.24) is 4.90 Å². The molecule has 0 fully saturated rings. The highest BCUT2D eigenvalue weighted by molar-refractivity contribution is 5.81. The molecule has 0 aliphatic rings. The molecule has 0 rings (SSSR count). The predicted octanol–water partition coefficient (Wildman–Crippen LogP) is 2.01. The molecule has 0 saturated carbocycles. The molecule has 0 aromatic carbocycles. The molecule has 3 heteroatoms. The van der Waals surface area contributed by atoms with Crippen molar-refractivity contribution in [2.45, 2.75) is 47.0 Å². The largest absolute Gasteiger partial charge is 0.341 e. The van der Waals surface area contributed by atoms with E-state index in [1.807, 2.05) is 18.7 Å². The Kier molecular flexibility index (Phi) is 6.57. The SMILES string of the molecule is CCCCN(CCN)C(=O)C(C)(C)CC. The molecular weight excluding hydrogens is 188 g/mol. The van der Waals surface area contributed by atoms with Crippen molar-refractivity contribution >= 4 is 5.91 Å². The average Bonchev–Trinajstić information content (AvgIpc) is 2.23. The van der Waals surface area contributed by atoms with E-state index in [1.54, 1.807) is 0 Å². The first-order valence-electron chi connectivity index (χ1n) is 5.99. The molecule has 0 aromatic rings. The minimum Gasteiger partial charge on any atom is -0.341 e. The monoisotopic (exact) mass is 214 g/mol.